The molecule has 1 heterocycles. The molecule has 1 aromatic rings. The molecule has 1 rings (SSSR count). The zero-order valence-electron chi connectivity index (χ0n) is 6.13. The summed E-state index contributed by atoms with van der Waals surface area (Å²) >= 11 is 17.0. The number of nitriles is 1. The molecule has 13 heavy (non-hydrogen) atoms. The van der Waals surface area contributed by atoms with Crippen molar-refractivity contribution in [1.29, 1.82) is 5.26 Å². The van der Waals surface area contributed by atoms with Gasteiger partial charge in [-0.05, 0) is 6.08 Å². The van der Waals surface area contributed by atoms with Crippen molar-refractivity contribution in [3.63, 3.8) is 0 Å². The second-order valence-electron chi connectivity index (χ2n) is 1.97. The Balaban J connectivity index is 3.27. The van der Waals surface area contributed by atoms with Gasteiger partial charge >= 0.3 is 0 Å². The van der Waals surface area contributed by atoms with Crippen LogP contribution < -0.4 is 0 Å². The molecule has 0 aliphatic rings. The first-order valence-corrected chi connectivity index (χ1v) is 4.23. The Morgan fingerprint density at radius 1 is 1.15 bits per heavy atom. The first-order valence-electron chi connectivity index (χ1n) is 3.10. The van der Waals surface area contributed by atoms with E-state index in [1.165, 1.54) is 12.2 Å². The quantitative estimate of drug-likeness (QED) is 0.702. The van der Waals surface area contributed by atoms with Crippen molar-refractivity contribution in [1.82, 2.24) is 10.2 Å². The lowest BCUT2D eigenvalue weighted by molar-refractivity contribution is 1.03. The van der Waals surface area contributed by atoms with Crippen LogP contribution in [0.1, 0.15) is 5.56 Å². The Hall–Kier alpha value is -0.820. The molecule has 3 nitrogen and oxygen atoms in total. The van der Waals surface area contributed by atoms with Crippen LogP contribution in [-0.4, -0.2) is 10.2 Å². The molecule has 0 aliphatic carbocycles. The molecule has 0 fully saturated rings. The number of rotatable bonds is 1. The van der Waals surface area contributed by atoms with E-state index in [2.05, 4.69) is 10.2 Å². The zero-order chi connectivity index (χ0) is 9.84. The summed E-state index contributed by atoms with van der Waals surface area (Å²) in [7, 11) is 0. The van der Waals surface area contributed by atoms with E-state index in [4.69, 9.17) is 40.1 Å². The van der Waals surface area contributed by atoms with Gasteiger partial charge in [-0.15, -0.1) is 10.2 Å². The number of hydrogen-bond donors (Lipinski definition) is 0. The zero-order valence-corrected chi connectivity index (χ0v) is 8.40. The molecule has 0 radical (unpaired) electrons. The van der Waals surface area contributed by atoms with E-state index in [-0.39, 0.29) is 15.3 Å². The average molecular weight is 234 g/mol. The largest absolute Gasteiger partial charge is 0.193 e. The van der Waals surface area contributed by atoms with E-state index in [0.29, 0.717) is 5.56 Å². The van der Waals surface area contributed by atoms with Gasteiger partial charge in [0.2, 0.25) is 0 Å². The lowest BCUT2D eigenvalue weighted by atomic mass is 10.3. The van der Waals surface area contributed by atoms with Crippen LogP contribution in [0.5, 0.6) is 0 Å². The summed E-state index contributed by atoms with van der Waals surface area (Å²) in [5, 5.41) is 15.7. The van der Waals surface area contributed by atoms with E-state index < -0.39 is 0 Å². The van der Waals surface area contributed by atoms with Gasteiger partial charge < -0.3 is 0 Å². The first kappa shape index (κ1) is 10.3. The highest BCUT2D eigenvalue weighted by atomic mass is 35.5. The molecule has 0 aliphatic heterocycles. The van der Waals surface area contributed by atoms with Crippen LogP contribution in [0.2, 0.25) is 15.3 Å². The van der Waals surface area contributed by atoms with E-state index in [9.17, 15) is 0 Å². The minimum atomic E-state index is 0.0589. The molecule has 66 valence electrons. The fourth-order valence-corrected chi connectivity index (χ4v) is 1.22. The summed E-state index contributed by atoms with van der Waals surface area (Å²) < 4.78 is 0. The normalized spacial score (nSPS) is 10.3. The Labute approximate surface area is 89.5 Å². The second-order valence-corrected chi connectivity index (χ2v) is 3.07. The smallest absolute Gasteiger partial charge is 0.170 e. The van der Waals surface area contributed by atoms with E-state index in [1.807, 2.05) is 0 Å². The Morgan fingerprint density at radius 3 is 2.38 bits per heavy atom. The van der Waals surface area contributed by atoms with Gasteiger partial charge in [-0.25, -0.2) is 0 Å². The van der Waals surface area contributed by atoms with E-state index in [0.717, 1.165) is 0 Å². The molecule has 6 heteroatoms. The van der Waals surface area contributed by atoms with Gasteiger partial charge in [-0.1, -0.05) is 34.8 Å². The van der Waals surface area contributed by atoms with Crippen molar-refractivity contribution < 1.29 is 0 Å². The summed E-state index contributed by atoms with van der Waals surface area (Å²) in [6.45, 7) is 0. The summed E-state index contributed by atoms with van der Waals surface area (Å²) in [4.78, 5) is 0. The fraction of sp³-hybridized carbons (Fsp3) is 0. The molecule has 0 spiro atoms. The van der Waals surface area contributed by atoms with Gasteiger partial charge in [0.05, 0.1) is 11.1 Å². The standard InChI is InChI=1S/C7H2Cl3N3/c8-5-4(2-1-3-11)6(9)12-13-7(5)10/h1-2H/b2-1+. The Morgan fingerprint density at radius 2 is 1.77 bits per heavy atom. The van der Waals surface area contributed by atoms with Crippen molar-refractivity contribution in [2.75, 3.05) is 0 Å². The van der Waals surface area contributed by atoms with Crippen molar-refractivity contribution in [3.8, 4) is 6.07 Å². The summed E-state index contributed by atoms with van der Waals surface area (Å²) in [6.07, 6.45) is 2.65. The van der Waals surface area contributed by atoms with Crippen molar-refractivity contribution in [2.45, 2.75) is 0 Å². The molecular weight excluding hydrogens is 232 g/mol. The Kier molecular flexibility index (Phi) is 3.49. The number of halogens is 3. The SMILES string of the molecule is N#C/C=C/c1c(Cl)nnc(Cl)c1Cl. The molecular formula is C7H2Cl3N3. The maximum atomic E-state index is 8.29. The molecule has 0 amide bonds. The van der Waals surface area contributed by atoms with Crippen LogP contribution in [0.25, 0.3) is 6.08 Å². The molecule has 0 atom stereocenters. The number of aromatic nitrogens is 2. The second kappa shape index (κ2) is 4.43. The number of hydrogen-bond acceptors (Lipinski definition) is 3. The van der Waals surface area contributed by atoms with Crippen LogP contribution in [0, 0.1) is 11.3 Å². The van der Waals surface area contributed by atoms with Gasteiger partial charge in [0.25, 0.3) is 0 Å². The molecule has 0 N–H and O–H groups in total. The Bertz CT molecular complexity index is 395. The third-order valence-corrected chi connectivity index (χ3v) is 2.21. The molecule has 0 bridgehead atoms. The number of allylic oxidation sites excluding steroid dienone is 1. The third kappa shape index (κ3) is 2.31. The van der Waals surface area contributed by atoms with Crippen LogP contribution >= 0.6 is 34.8 Å². The number of nitrogens with zero attached hydrogens (tertiary/aromatic N) is 3. The maximum Gasteiger partial charge on any atom is 0.170 e. The lowest BCUT2D eigenvalue weighted by Crippen LogP contribution is -1.89. The highest BCUT2D eigenvalue weighted by Crippen LogP contribution is 2.28. The summed E-state index contributed by atoms with van der Waals surface area (Å²) in [5.74, 6) is 0. The van der Waals surface area contributed by atoms with Crippen molar-refractivity contribution >= 4 is 40.9 Å². The minimum Gasteiger partial charge on any atom is -0.193 e. The van der Waals surface area contributed by atoms with Gasteiger partial charge in [0.15, 0.2) is 10.3 Å². The molecule has 0 aromatic carbocycles. The molecule has 1 aromatic heterocycles. The van der Waals surface area contributed by atoms with E-state index >= 15 is 0 Å². The predicted molar refractivity (Wildman–Crippen MR) is 51.7 cm³/mol. The molecule has 0 unspecified atom stereocenters. The predicted octanol–water partition coefficient (Wildman–Crippen LogP) is 2.97. The van der Waals surface area contributed by atoms with Crippen molar-refractivity contribution in [3.05, 3.63) is 27.0 Å². The van der Waals surface area contributed by atoms with Crippen molar-refractivity contribution in [2.24, 2.45) is 0 Å². The highest BCUT2D eigenvalue weighted by Gasteiger charge is 2.09. The average Bonchev–Trinajstić information content (AvgIpc) is 2.12. The maximum absolute atomic E-state index is 8.29. The monoisotopic (exact) mass is 233 g/mol. The van der Waals surface area contributed by atoms with Crippen LogP contribution in [0.15, 0.2) is 6.08 Å². The van der Waals surface area contributed by atoms with Crippen LogP contribution in [0.4, 0.5) is 0 Å². The minimum absolute atomic E-state index is 0.0589. The van der Waals surface area contributed by atoms with Gasteiger partial charge in [-0.2, -0.15) is 5.26 Å². The van der Waals surface area contributed by atoms with Crippen LogP contribution in [0.3, 0.4) is 0 Å². The molecule has 0 saturated carbocycles. The van der Waals surface area contributed by atoms with Gasteiger partial charge in [-0.3, -0.25) is 0 Å². The highest BCUT2D eigenvalue weighted by molar-refractivity contribution is 6.43. The summed E-state index contributed by atoms with van der Waals surface area (Å²) in [6, 6.07) is 1.80. The van der Waals surface area contributed by atoms with Crippen LogP contribution in [-0.2, 0) is 0 Å². The molecule has 0 saturated heterocycles. The first-order chi connectivity index (χ1) is 6.16. The topological polar surface area (TPSA) is 49.6 Å². The fourth-order valence-electron chi connectivity index (χ4n) is 0.650. The lowest BCUT2D eigenvalue weighted by Gasteiger charge is -1.99. The van der Waals surface area contributed by atoms with E-state index in [1.54, 1.807) is 6.07 Å². The van der Waals surface area contributed by atoms with Gasteiger partial charge in [0.1, 0.15) is 0 Å². The van der Waals surface area contributed by atoms with Gasteiger partial charge in [0, 0.05) is 11.6 Å². The third-order valence-electron chi connectivity index (χ3n) is 1.19. The summed E-state index contributed by atoms with van der Waals surface area (Å²) in [5.41, 5.74) is 0.393.